The largest absolute Gasteiger partial charge is 0.392 e. The summed E-state index contributed by atoms with van der Waals surface area (Å²) < 4.78 is 11.2. The molecule has 1 aromatic rings. The van der Waals surface area contributed by atoms with Crippen LogP contribution in [0.4, 0.5) is 0 Å². The van der Waals surface area contributed by atoms with Gasteiger partial charge < -0.3 is 10.4 Å². The fourth-order valence-electron chi connectivity index (χ4n) is 1.41. The van der Waals surface area contributed by atoms with Crippen LogP contribution in [0.1, 0.15) is 25.5 Å². The molecule has 1 rings (SSSR count). The molecule has 0 saturated carbocycles. The topological polar surface area (TPSA) is 49.3 Å². The first-order valence-corrected chi connectivity index (χ1v) is 6.91. The van der Waals surface area contributed by atoms with Crippen molar-refractivity contribution in [2.24, 2.45) is 0 Å². The van der Waals surface area contributed by atoms with Gasteiger partial charge >= 0.3 is 0 Å². The molecule has 90 valence electrons. The molecule has 2 N–H and O–H groups in total. The summed E-state index contributed by atoms with van der Waals surface area (Å²) in [6.07, 6.45) is 1.33. The first-order chi connectivity index (χ1) is 7.50. The lowest BCUT2D eigenvalue weighted by molar-refractivity contribution is 0.187. The molecule has 0 aliphatic carbocycles. The van der Waals surface area contributed by atoms with E-state index in [1.54, 1.807) is 13.2 Å². The molecule has 0 radical (unpaired) electrons. The van der Waals surface area contributed by atoms with Crippen LogP contribution in [0.3, 0.4) is 0 Å². The maximum Gasteiger partial charge on any atom is 0.0636 e. The highest BCUT2D eigenvalue weighted by atomic mass is 32.2. The molecule has 0 spiro atoms. The van der Waals surface area contributed by atoms with Crippen LogP contribution in [0.2, 0.25) is 0 Å². The highest BCUT2D eigenvalue weighted by Gasteiger charge is 2.06. The Morgan fingerprint density at radius 2 is 1.88 bits per heavy atom. The second kappa shape index (κ2) is 6.13. The molecule has 3 nitrogen and oxygen atoms in total. The second-order valence-electron chi connectivity index (χ2n) is 4.00. The predicted octanol–water partition coefficient (Wildman–Crippen LogP) is 1.46. The average Bonchev–Trinajstić information content (AvgIpc) is 2.26. The summed E-state index contributed by atoms with van der Waals surface area (Å²) in [6, 6.07) is 7.89. The quantitative estimate of drug-likeness (QED) is 0.820. The Hall–Kier alpha value is -0.710. The molecule has 0 aliphatic rings. The molecule has 0 bridgehead atoms. The van der Waals surface area contributed by atoms with Gasteiger partial charge in [-0.2, -0.15) is 0 Å². The third-order valence-corrected chi connectivity index (χ3v) is 3.37. The molecule has 0 amide bonds. The number of hydrogen-bond donors (Lipinski definition) is 2. The molecule has 1 aromatic carbocycles. The lowest BCUT2D eigenvalue weighted by atomic mass is 10.1. The number of rotatable bonds is 5. The molecule has 3 atom stereocenters. The summed E-state index contributed by atoms with van der Waals surface area (Å²) in [5.41, 5.74) is 1.13. The van der Waals surface area contributed by atoms with Gasteiger partial charge in [-0.15, -0.1) is 0 Å². The van der Waals surface area contributed by atoms with E-state index in [2.05, 4.69) is 5.32 Å². The van der Waals surface area contributed by atoms with Crippen molar-refractivity contribution in [1.29, 1.82) is 0 Å². The van der Waals surface area contributed by atoms with Crippen LogP contribution in [0.15, 0.2) is 29.2 Å². The minimum Gasteiger partial charge on any atom is -0.392 e. The number of nitrogens with one attached hydrogen (secondary N) is 1. The van der Waals surface area contributed by atoms with Gasteiger partial charge in [0.1, 0.15) is 0 Å². The third-order valence-electron chi connectivity index (χ3n) is 2.43. The number of aliphatic hydroxyl groups excluding tert-OH is 1. The summed E-state index contributed by atoms with van der Waals surface area (Å²) in [5.74, 6) is 0. The zero-order valence-electron chi connectivity index (χ0n) is 9.93. The maximum absolute atomic E-state index is 11.2. The van der Waals surface area contributed by atoms with Crippen LogP contribution in [0.25, 0.3) is 0 Å². The van der Waals surface area contributed by atoms with E-state index < -0.39 is 10.8 Å². The van der Waals surface area contributed by atoms with Gasteiger partial charge in [0.2, 0.25) is 0 Å². The highest BCUT2D eigenvalue weighted by molar-refractivity contribution is 7.84. The van der Waals surface area contributed by atoms with Gasteiger partial charge in [0, 0.05) is 34.5 Å². The lowest BCUT2D eigenvalue weighted by Gasteiger charge is -2.15. The van der Waals surface area contributed by atoms with Crippen molar-refractivity contribution in [3.8, 4) is 0 Å². The average molecular weight is 241 g/mol. The van der Waals surface area contributed by atoms with Crippen LogP contribution in [0, 0.1) is 0 Å². The van der Waals surface area contributed by atoms with Crippen molar-refractivity contribution >= 4 is 10.8 Å². The molecule has 2 unspecified atom stereocenters. The molecule has 0 aromatic heterocycles. The first kappa shape index (κ1) is 13.4. The Morgan fingerprint density at radius 1 is 1.31 bits per heavy atom. The fraction of sp³-hybridized carbons (Fsp3) is 0.500. The molecule has 0 aliphatic heterocycles. The highest BCUT2D eigenvalue weighted by Crippen LogP contribution is 2.14. The molecule has 0 heterocycles. The summed E-state index contributed by atoms with van der Waals surface area (Å²) in [5, 5.41) is 12.4. The van der Waals surface area contributed by atoms with Gasteiger partial charge in [-0.05, 0) is 31.5 Å². The monoisotopic (exact) mass is 241 g/mol. The van der Waals surface area contributed by atoms with Crippen molar-refractivity contribution in [2.75, 3.05) is 12.8 Å². The first-order valence-electron chi connectivity index (χ1n) is 5.35. The minimum atomic E-state index is -0.922. The van der Waals surface area contributed by atoms with Gasteiger partial charge in [-0.1, -0.05) is 12.1 Å². The number of benzene rings is 1. The van der Waals surface area contributed by atoms with E-state index in [4.69, 9.17) is 5.11 Å². The number of aliphatic hydroxyl groups is 1. The summed E-state index contributed by atoms with van der Waals surface area (Å²) in [7, 11) is -0.922. The Labute approximate surface area is 99.3 Å². The fourth-order valence-corrected chi connectivity index (χ4v) is 1.93. The molecule has 0 saturated heterocycles. The second-order valence-corrected chi connectivity index (χ2v) is 5.38. The molecular weight excluding hydrogens is 222 g/mol. The SMILES string of the molecule is CC(NC[C@@H](C)O)c1ccc(S(C)=O)cc1. The van der Waals surface area contributed by atoms with Crippen LogP contribution in [-0.2, 0) is 10.8 Å². The smallest absolute Gasteiger partial charge is 0.0636 e. The number of hydrogen-bond acceptors (Lipinski definition) is 3. The van der Waals surface area contributed by atoms with Crippen molar-refractivity contribution in [1.82, 2.24) is 5.32 Å². The molecule has 4 heteroatoms. The normalized spacial score (nSPS) is 16.8. The van der Waals surface area contributed by atoms with E-state index in [1.165, 1.54) is 0 Å². The summed E-state index contributed by atoms with van der Waals surface area (Å²) >= 11 is 0. The Morgan fingerprint density at radius 3 is 2.31 bits per heavy atom. The molecule has 16 heavy (non-hydrogen) atoms. The van der Waals surface area contributed by atoms with Crippen molar-refractivity contribution < 1.29 is 9.32 Å². The zero-order valence-corrected chi connectivity index (χ0v) is 10.8. The zero-order chi connectivity index (χ0) is 12.1. The Kier molecular flexibility index (Phi) is 5.12. The van der Waals surface area contributed by atoms with Gasteiger partial charge in [0.05, 0.1) is 6.10 Å². The standard InChI is InChI=1S/C12H19NO2S/c1-9(14)8-13-10(2)11-4-6-12(7-5-11)16(3)15/h4-7,9-10,13-14H,8H2,1-3H3/t9-,10?,16?/m1/s1. The minimum absolute atomic E-state index is 0.189. The van der Waals surface area contributed by atoms with Crippen molar-refractivity contribution in [2.45, 2.75) is 30.9 Å². The van der Waals surface area contributed by atoms with Gasteiger partial charge in [0.25, 0.3) is 0 Å². The molecular formula is C12H19NO2S. The summed E-state index contributed by atoms with van der Waals surface area (Å²) in [4.78, 5) is 0.839. The predicted molar refractivity (Wildman–Crippen MR) is 66.9 cm³/mol. The molecule has 0 fully saturated rings. The van der Waals surface area contributed by atoms with Crippen LogP contribution < -0.4 is 5.32 Å². The van der Waals surface area contributed by atoms with E-state index in [1.807, 2.05) is 31.2 Å². The summed E-state index contributed by atoms with van der Waals surface area (Å²) in [6.45, 7) is 4.37. The lowest BCUT2D eigenvalue weighted by Crippen LogP contribution is -2.27. The Bertz CT molecular complexity index is 349. The van der Waals surface area contributed by atoms with Crippen molar-refractivity contribution in [3.63, 3.8) is 0 Å². The Balaban J connectivity index is 2.63. The van der Waals surface area contributed by atoms with E-state index >= 15 is 0 Å². The van der Waals surface area contributed by atoms with E-state index in [0.717, 1.165) is 10.5 Å². The van der Waals surface area contributed by atoms with E-state index in [-0.39, 0.29) is 12.1 Å². The van der Waals surface area contributed by atoms with E-state index in [0.29, 0.717) is 6.54 Å². The van der Waals surface area contributed by atoms with Gasteiger partial charge in [0.15, 0.2) is 0 Å². The van der Waals surface area contributed by atoms with Crippen LogP contribution in [-0.4, -0.2) is 28.2 Å². The van der Waals surface area contributed by atoms with Gasteiger partial charge in [-0.3, -0.25) is 4.21 Å². The third kappa shape index (κ3) is 4.04. The maximum atomic E-state index is 11.2. The van der Waals surface area contributed by atoms with E-state index in [9.17, 15) is 4.21 Å². The van der Waals surface area contributed by atoms with Crippen LogP contribution in [0.5, 0.6) is 0 Å². The van der Waals surface area contributed by atoms with Crippen LogP contribution >= 0.6 is 0 Å². The van der Waals surface area contributed by atoms with Gasteiger partial charge in [-0.25, -0.2) is 0 Å². The van der Waals surface area contributed by atoms with Crippen molar-refractivity contribution in [3.05, 3.63) is 29.8 Å².